The van der Waals surface area contributed by atoms with Gasteiger partial charge >= 0.3 is 0 Å². The zero-order chi connectivity index (χ0) is 24.1. The van der Waals surface area contributed by atoms with Gasteiger partial charge in [0.1, 0.15) is 5.82 Å². The fourth-order valence-electron chi connectivity index (χ4n) is 5.15. The van der Waals surface area contributed by atoms with E-state index in [2.05, 4.69) is 57.6 Å². The Bertz CT molecular complexity index is 1100. The summed E-state index contributed by atoms with van der Waals surface area (Å²) in [5, 5.41) is 3.12. The minimum atomic E-state index is -0.709. The summed E-state index contributed by atoms with van der Waals surface area (Å²) in [7, 11) is 0. The second-order valence-corrected chi connectivity index (χ2v) is 9.45. The van der Waals surface area contributed by atoms with Crippen molar-refractivity contribution in [1.82, 2.24) is 4.90 Å². The Kier molecular flexibility index (Phi) is 7.11. The van der Waals surface area contributed by atoms with Crippen molar-refractivity contribution in [2.45, 2.75) is 24.8 Å². The van der Waals surface area contributed by atoms with E-state index in [-0.39, 0.29) is 11.7 Å². The molecule has 0 saturated carbocycles. The molecule has 5 nitrogen and oxygen atoms in total. The molecule has 6 heteroatoms. The second kappa shape index (κ2) is 10.6. The molecule has 3 aromatic carbocycles. The third kappa shape index (κ3) is 5.39. The van der Waals surface area contributed by atoms with Gasteiger partial charge in [0.15, 0.2) is 0 Å². The van der Waals surface area contributed by atoms with Crippen LogP contribution in [0.15, 0.2) is 78.9 Å². The lowest BCUT2D eigenvalue weighted by molar-refractivity contribution is -0.125. The first kappa shape index (κ1) is 23.5. The molecule has 3 aromatic rings. The molecule has 0 spiro atoms. The quantitative estimate of drug-likeness (QED) is 0.557. The van der Waals surface area contributed by atoms with E-state index in [0.717, 1.165) is 44.0 Å². The molecule has 182 valence electrons. The number of hydrogen-bond donors (Lipinski definition) is 1. The highest BCUT2D eigenvalue weighted by molar-refractivity contribution is 5.99. The maximum Gasteiger partial charge on any atom is 0.235 e. The van der Waals surface area contributed by atoms with Crippen molar-refractivity contribution in [3.8, 4) is 0 Å². The van der Waals surface area contributed by atoms with Gasteiger partial charge in [-0.15, -0.1) is 0 Å². The smallest absolute Gasteiger partial charge is 0.235 e. The molecule has 0 unspecified atom stereocenters. The zero-order valence-corrected chi connectivity index (χ0v) is 20.0. The first-order valence-corrected chi connectivity index (χ1v) is 12.4. The molecule has 0 aromatic heterocycles. The molecule has 2 aliphatic heterocycles. The van der Waals surface area contributed by atoms with Crippen LogP contribution in [-0.4, -0.2) is 50.2 Å². The Morgan fingerprint density at radius 3 is 2.17 bits per heavy atom. The fraction of sp³-hybridized carbons (Fsp3) is 0.345. The topological polar surface area (TPSA) is 44.8 Å². The minimum absolute atomic E-state index is 0.0605. The number of nitrogens with zero attached hydrogens (tertiary/aromatic N) is 2. The maximum atomic E-state index is 13.5. The summed E-state index contributed by atoms with van der Waals surface area (Å²) in [6.07, 6.45) is 1.16. The van der Waals surface area contributed by atoms with Crippen molar-refractivity contribution >= 4 is 17.3 Å². The van der Waals surface area contributed by atoms with E-state index in [1.807, 2.05) is 12.1 Å². The Morgan fingerprint density at radius 2 is 1.51 bits per heavy atom. The van der Waals surface area contributed by atoms with E-state index in [0.29, 0.717) is 26.1 Å². The number of carbonyl (C=O) groups is 1. The average Bonchev–Trinajstić information content (AvgIpc) is 2.91. The predicted octanol–water partition coefficient (Wildman–Crippen LogP) is 4.83. The first-order chi connectivity index (χ1) is 17.1. The van der Waals surface area contributed by atoms with E-state index < -0.39 is 5.41 Å². The molecule has 2 saturated heterocycles. The SMILES string of the molecule is O=C(Nc1ccc(N2CCN(Cc3ccccc3)CC2)cc1)C1(c2ccc(F)cc2)CCOCC1. The number of ether oxygens (including phenoxy) is 1. The molecule has 2 fully saturated rings. The van der Waals surface area contributed by atoms with Crippen molar-refractivity contribution in [3.63, 3.8) is 0 Å². The van der Waals surface area contributed by atoms with Crippen LogP contribution >= 0.6 is 0 Å². The summed E-state index contributed by atoms with van der Waals surface area (Å²) in [6, 6.07) is 25.0. The largest absolute Gasteiger partial charge is 0.381 e. The van der Waals surface area contributed by atoms with E-state index in [1.54, 1.807) is 12.1 Å². The summed E-state index contributed by atoms with van der Waals surface area (Å²) in [6.45, 7) is 6.02. The van der Waals surface area contributed by atoms with E-state index in [1.165, 1.54) is 23.4 Å². The molecule has 1 N–H and O–H groups in total. The van der Waals surface area contributed by atoms with Gasteiger partial charge in [-0.3, -0.25) is 9.69 Å². The summed E-state index contributed by atoms with van der Waals surface area (Å²) in [5.74, 6) is -0.359. The van der Waals surface area contributed by atoms with Crippen molar-refractivity contribution in [3.05, 3.63) is 95.8 Å². The Hall–Kier alpha value is -3.22. The van der Waals surface area contributed by atoms with Gasteiger partial charge in [0.25, 0.3) is 0 Å². The summed E-state index contributed by atoms with van der Waals surface area (Å²) in [5.41, 5.74) is 3.42. The molecule has 0 radical (unpaired) electrons. The number of anilines is 2. The van der Waals surface area contributed by atoms with Crippen LogP contribution in [-0.2, 0) is 21.5 Å². The molecule has 0 aliphatic carbocycles. The standard InChI is InChI=1S/C29H32FN3O2/c30-25-8-6-24(7-9-25)29(14-20-35-21-15-29)28(34)31-26-10-12-27(13-11-26)33-18-16-32(17-19-33)22-23-4-2-1-3-5-23/h1-13H,14-22H2,(H,31,34). The van der Waals surface area contributed by atoms with Crippen molar-refractivity contribution in [2.24, 2.45) is 0 Å². The van der Waals surface area contributed by atoms with Crippen molar-refractivity contribution < 1.29 is 13.9 Å². The second-order valence-electron chi connectivity index (χ2n) is 9.45. The van der Waals surface area contributed by atoms with Crippen LogP contribution in [0.4, 0.5) is 15.8 Å². The van der Waals surface area contributed by atoms with Gasteiger partial charge in [-0.1, -0.05) is 42.5 Å². The van der Waals surface area contributed by atoms with E-state index in [9.17, 15) is 9.18 Å². The monoisotopic (exact) mass is 473 g/mol. The van der Waals surface area contributed by atoms with Crippen LogP contribution < -0.4 is 10.2 Å². The van der Waals surface area contributed by atoms with Crippen LogP contribution in [0.5, 0.6) is 0 Å². The first-order valence-electron chi connectivity index (χ1n) is 12.4. The normalized spacial score (nSPS) is 18.3. The lowest BCUT2D eigenvalue weighted by atomic mass is 9.73. The van der Waals surface area contributed by atoms with Crippen molar-refractivity contribution in [1.29, 1.82) is 0 Å². The number of hydrogen-bond acceptors (Lipinski definition) is 4. The van der Waals surface area contributed by atoms with E-state index >= 15 is 0 Å². The lowest BCUT2D eigenvalue weighted by Gasteiger charge is -2.37. The molecule has 35 heavy (non-hydrogen) atoms. The zero-order valence-electron chi connectivity index (χ0n) is 20.0. The third-order valence-corrected chi connectivity index (χ3v) is 7.29. The molecule has 1 amide bonds. The number of carbonyl (C=O) groups excluding carboxylic acids is 1. The molecule has 5 rings (SSSR count). The summed E-state index contributed by atoms with van der Waals surface area (Å²) >= 11 is 0. The third-order valence-electron chi connectivity index (χ3n) is 7.29. The maximum absolute atomic E-state index is 13.5. The number of halogens is 1. The average molecular weight is 474 g/mol. The highest BCUT2D eigenvalue weighted by Gasteiger charge is 2.41. The predicted molar refractivity (Wildman–Crippen MR) is 137 cm³/mol. The number of amides is 1. The molecule has 2 heterocycles. The van der Waals surface area contributed by atoms with Crippen LogP contribution in [0.1, 0.15) is 24.0 Å². The van der Waals surface area contributed by atoms with Crippen LogP contribution in [0.25, 0.3) is 0 Å². The fourth-order valence-corrected chi connectivity index (χ4v) is 5.15. The number of piperazine rings is 1. The van der Waals surface area contributed by atoms with Gasteiger partial charge in [-0.25, -0.2) is 4.39 Å². The van der Waals surface area contributed by atoms with E-state index in [4.69, 9.17) is 4.74 Å². The number of rotatable bonds is 6. The van der Waals surface area contributed by atoms with Gasteiger partial charge < -0.3 is 15.0 Å². The van der Waals surface area contributed by atoms with Gasteiger partial charge in [0, 0.05) is 57.3 Å². The summed E-state index contributed by atoms with van der Waals surface area (Å²) < 4.78 is 19.0. The number of benzene rings is 3. The number of nitrogens with one attached hydrogen (secondary N) is 1. The van der Waals surface area contributed by atoms with Gasteiger partial charge in [-0.2, -0.15) is 0 Å². The molecular weight excluding hydrogens is 441 g/mol. The molecule has 0 atom stereocenters. The van der Waals surface area contributed by atoms with Gasteiger partial charge in [0.2, 0.25) is 5.91 Å². The van der Waals surface area contributed by atoms with Crippen molar-refractivity contribution in [2.75, 3.05) is 49.6 Å². The lowest BCUT2D eigenvalue weighted by Crippen LogP contribution is -2.46. The van der Waals surface area contributed by atoms with Crippen LogP contribution in [0, 0.1) is 5.82 Å². The minimum Gasteiger partial charge on any atom is -0.381 e. The molecule has 0 bridgehead atoms. The van der Waals surface area contributed by atoms with Crippen LogP contribution in [0.3, 0.4) is 0 Å². The Labute approximate surface area is 206 Å². The van der Waals surface area contributed by atoms with Crippen LogP contribution in [0.2, 0.25) is 0 Å². The van der Waals surface area contributed by atoms with Gasteiger partial charge in [0.05, 0.1) is 5.41 Å². The highest BCUT2D eigenvalue weighted by atomic mass is 19.1. The summed E-state index contributed by atoms with van der Waals surface area (Å²) in [4.78, 5) is 18.4. The van der Waals surface area contributed by atoms with Gasteiger partial charge in [-0.05, 0) is 60.4 Å². The Balaban J connectivity index is 1.21. The molecule has 2 aliphatic rings. The highest BCUT2D eigenvalue weighted by Crippen LogP contribution is 2.36. The molecular formula is C29H32FN3O2. The Morgan fingerprint density at radius 1 is 0.857 bits per heavy atom.